The molecule has 5 rings (SSSR count). The molecular formula is C28H36N6O5. The van der Waals surface area contributed by atoms with Crippen LogP contribution < -0.4 is 20.7 Å². The summed E-state index contributed by atoms with van der Waals surface area (Å²) in [6.07, 6.45) is 6.33. The average molecular weight is 537 g/mol. The van der Waals surface area contributed by atoms with Gasteiger partial charge in [0.05, 0.1) is 6.54 Å². The summed E-state index contributed by atoms with van der Waals surface area (Å²) in [4.78, 5) is 48.5. The summed E-state index contributed by atoms with van der Waals surface area (Å²) < 4.78 is 5.82. The number of hydrogen-bond donors (Lipinski definition) is 3. The highest BCUT2D eigenvalue weighted by Gasteiger charge is 2.30. The highest BCUT2D eigenvalue weighted by atomic mass is 16.5. The number of rotatable bonds is 9. The van der Waals surface area contributed by atoms with Crippen LogP contribution >= 0.6 is 0 Å². The predicted octanol–water partition coefficient (Wildman–Crippen LogP) is 3.27. The Bertz CT molecular complexity index is 1210. The number of carbonyl (C=O) groups excluding carboxylic acids is 2. The maximum atomic E-state index is 13.5. The number of carboxylic acids is 1. The molecule has 0 atom stereocenters. The van der Waals surface area contributed by atoms with Gasteiger partial charge in [0, 0.05) is 38.2 Å². The fourth-order valence-electron chi connectivity index (χ4n) is 5.84. The second-order valence-electron chi connectivity index (χ2n) is 10.6. The normalized spacial score (nSPS) is 21.3. The summed E-state index contributed by atoms with van der Waals surface area (Å²) in [6, 6.07) is 8.00. The Morgan fingerprint density at radius 1 is 1.10 bits per heavy atom. The van der Waals surface area contributed by atoms with E-state index in [1.165, 1.54) is 5.56 Å². The fraction of sp³-hybridized carbons (Fsp3) is 0.536. The Hall–Kier alpha value is -3.89. The van der Waals surface area contributed by atoms with E-state index in [0.717, 1.165) is 50.8 Å². The number of nitrogens with one attached hydrogen (secondary N) is 1. The van der Waals surface area contributed by atoms with Crippen LogP contribution in [-0.2, 0) is 9.59 Å². The molecule has 4 N–H and O–H groups in total. The van der Waals surface area contributed by atoms with Crippen LogP contribution in [0.15, 0.2) is 24.3 Å². The molecule has 208 valence electrons. The van der Waals surface area contributed by atoms with Gasteiger partial charge in [-0.1, -0.05) is 12.1 Å². The first-order valence-electron chi connectivity index (χ1n) is 13.8. The molecule has 1 aromatic carbocycles. The van der Waals surface area contributed by atoms with Crippen molar-refractivity contribution < 1.29 is 24.2 Å². The van der Waals surface area contributed by atoms with Crippen molar-refractivity contribution in [3.63, 3.8) is 0 Å². The molecule has 2 fully saturated rings. The largest absolute Gasteiger partial charge is 0.481 e. The highest BCUT2D eigenvalue weighted by Crippen LogP contribution is 2.38. The van der Waals surface area contributed by atoms with Gasteiger partial charge in [-0.3, -0.25) is 14.4 Å². The molecule has 0 bridgehead atoms. The maximum Gasteiger partial charge on any atom is 0.303 e. The van der Waals surface area contributed by atoms with Crippen LogP contribution in [0.3, 0.4) is 0 Å². The van der Waals surface area contributed by atoms with Crippen LogP contribution in [0.4, 0.5) is 17.5 Å². The SMILES string of the molecule is Nc1nc(NCCCN2CCCC2=O)nc2c1C(=O)N(c1ccc([C@H]3CC[C@H](CC(=O)O)CC3)cc1)CCO2. The number of nitrogens with zero attached hydrogens (tertiary/aromatic N) is 4. The van der Waals surface area contributed by atoms with Gasteiger partial charge in [0.1, 0.15) is 18.0 Å². The Labute approximate surface area is 227 Å². The van der Waals surface area contributed by atoms with Gasteiger partial charge >= 0.3 is 5.97 Å². The molecular weight excluding hydrogens is 500 g/mol. The second kappa shape index (κ2) is 11.9. The average Bonchev–Trinajstić information content (AvgIpc) is 3.25. The number of aromatic nitrogens is 2. The van der Waals surface area contributed by atoms with Gasteiger partial charge in [-0.2, -0.15) is 9.97 Å². The molecule has 2 amide bonds. The quantitative estimate of drug-likeness (QED) is 0.410. The van der Waals surface area contributed by atoms with Crippen molar-refractivity contribution in [2.45, 2.75) is 57.3 Å². The van der Waals surface area contributed by atoms with E-state index in [9.17, 15) is 14.4 Å². The maximum absolute atomic E-state index is 13.5. The molecule has 39 heavy (non-hydrogen) atoms. The van der Waals surface area contributed by atoms with E-state index < -0.39 is 5.97 Å². The molecule has 1 aromatic heterocycles. The molecule has 3 aliphatic rings. The number of carboxylic acid groups (broad SMARTS) is 1. The number of aliphatic carboxylic acids is 1. The van der Waals surface area contributed by atoms with Gasteiger partial charge in [-0.25, -0.2) is 0 Å². The lowest BCUT2D eigenvalue weighted by Gasteiger charge is -2.28. The number of benzene rings is 1. The van der Waals surface area contributed by atoms with Crippen LogP contribution in [0, 0.1) is 5.92 Å². The van der Waals surface area contributed by atoms with Crippen molar-refractivity contribution in [2.75, 3.05) is 48.7 Å². The lowest BCUT2D eigenvalue weighted by molar-refractivity contribution is -0.138. The minimum Gasteiger partial charge on any atom is -0.481 e. The van der Waals surface area contributed by atoms with Crippen molar-refractivity contribution in [3.8, 4) is 5.88 Å². The van der Waals surface area contributed by atoms with E-state index in [4.69, 9.17) is 15.6 Å². The Balaban J connectivity index is 1.21. The summed E-state index contributed by atoms with van der Waals surface area (Å²) in [5, 5.41) is 12.2. The van der Waals surface area contributed by atoms with Crippen LogP contribution in [0.5, 0.6) is 5.88 Å². The molecule has 1 saturated heterocycles. The highest BCUT2D eigenvalue weighted by molar-refractivity contribution is 6.10. The minimum absolute atomic E-state index is 0.0591. The van der Waals surface area contributed by atoms with E-state index in [2.05, 4.69) is 27.4 Å². The Morgan fingerprint density at radius 3 is 2.56 bits per heavy atom. The van der Waals surface area contributed by atoms with Crippen molar-refractivity contribution in [3.05, 3.63) is 35.4 Å². The molecule has 3 heterocycles. The molecule has 0 spiro atoms. The van der Waals surface area contributed by atoms with Crippen molar-refractivity contribution in [1.82, 2.24) is 14.9 Å². The second-order valence-corrected chi connectivity index (χ2v) is 10.6. The number of nitrogens with two attached hydrogens (primary N) is 1. The standard InChI is InChI=1S/C28H36N6O5/c29-25-24-26(32-28(31-25)30-12-2-14-33-13-1-3-22(33)35)39-16-15-34(27(24)38)21-10-8-20(9-11-21)19-6-4-18(5-7-19)17-23(36)37/h8-11,18-19H,1-7,12-17H2,(H,36,37)(H3,29,30,31,32)/t18-,19-. The molecule has 0 radical (unpaired) electrons. The van der Waals surface area contributed by atoms with E-state index in [0.29, 0.717) is 37.9 Å². The molecule has 11 nitrogen and oxygen atoms in total. The zero-order valence-corrected chi connectivity index (χ0v) is 22.1. The smallest absolute Gasteiger partial charge is 0.303 e. The number of hydrogen-bond acceptors (Lipinski definition) is 8. The van der Waals surface area contributed by atoms with Gasteiger partial charge in [-0.05, 0) is 68.1 Å². The number of nitrogen functional groups attached to an aromatic ring is 1. The van der Waals surface area contributed by atoms with Gasteiger partial charge < -0.3 is 30.7 Å². The number of carbonyl (C=O) groups is 3. The predicted molar refractivity (Wildman–Crippen MR) is 146 cm³/mol. The molecule has 11 heteroatoms. The lowest BCUT2D eigenvalue weighted by atomic mass is 9.77. The van der Waals surface area contributed by atoms with Crippen LogP contribution in [0.25, 0.3) is 0 Å². The van der Waals surface area contributed by atoms with Gasteiger partial charge in [-0.15, -0.1) is 0 Å². The summed E-state index contributed by atoms with van der Waals surface area (Å²) >= 11 is 0. The van der Waals surface area contributed by atoms with Crippen LogP contribution in [0.1, 0.15) is 73.2 Å². The Kier molecular flexibility index (Phi) is 8.13. The first-order chi connectivity index (χ1) is 18.9. The zero-order chi connectivity index (χ0) is 27.4. The third kappa shape index (κ3) is 6.23. The fourth-order valence-corrected chi connectivity index (χ4v) is 5.84. The van der Waals surface area contributed by atoms with E-state index >= 15 is 0 Å². The van der Waals surface area contributed by atoms with Crippen molar-refractivity contribution in [2.24, 2.45) is 5.92 Å². The van der Waals surface area contributed by atoms with Crippen molar-refractivity contribution >= 4 is 35.2 Å². The molecule has 0 unspecified atom stereocenters. The first kappa shape index (κ1) is 26.7. The molecule has 1 aliphatic carbocycles. The number of amides is 2. The number of fused-ring (bicyclic) bond motifs is 1. The topological polar surface area (TPSA) is 151 Å². The van der Waals surface area contributed by atoms with E-state index in [1.807, 2.05) is 17.0 Å². The van der Waals surface area contributed by atoms with Gasteiger partial charge in [0.2, 0.25) is 17.7 Å². The summed E-state index contributed by atoms with van der Waals surface area (Å²) in [6.45, 7) is 2.67. The Morgan fingerprint density at radius 2 is 1.87 bits per heavy atom. The summed E-state index contributed by atoms with van der Waals surface area (Å²) in [5.74, 6) is 0.359. The van der Waals surface area contributed by atoms with Gasteiger partial charge in [0.15, 0.2) is 0 Å². The minimum atomic E-state index is -0.722. The van der Waals surface area contributed by atoms with Crippen LogP contribution in [-0.4, -0.2) is 70.5 Å². The van der Waals surface area contributed by atoms with Crippen LogP contribution in [0.2, 0.25) is 0 Å². The number of ether oxygens (including phenoxy) is 1. The molecule has 2 aromatic rings. The summed E-state index contributed by atoms with van der Waals surface area (Å²) in [5.41, 5.74) is 8.33. The third-order valence-corrected chi connectivity index (χ3v) is 7.96. The lowest BCUT2D eigenvalue weighted by Crippen LogP contribution is -2.32. The first-order valence-corrected chi connectivity index (χ1v) is 13.8. The molecule has 1 saturated carbocycles. The zero-order valence-electron chi connectivity index (χ0n) is 22.1. The number of anilines is 3. The van der Waals surface area contributed by atoms with Gasteiger partial charge in [0.25, 0.3) is 5.91 Å². The molecule has 2 aliphatic heterocycles. The summed E-state index contributed by atoms with van der Waals surface area (Å²) in [7, 11) is 0. The monoisotopic (exact) mass is 536 g/mol. The van der Waals surface area contributed by atoms with E-state index in [1.54, 1.807) is 4.90 Å². The third-order valence-electron chi connectivity index (χ3n) is 7.96. The van der Waals surface area contributed by atoms with E-state index in [-0.39, 0.29) is 48.0 Å². The van der Waals surface area contributed by atoms with Crippen molar-refractivity contribution in [1.29, 1.82) is 0 Å². The number of likely N-dealkylation sites (tertiary alicyclic amines) is 1.